The van der Waals surface area contributed by atoms with E-state index in [0.717, 1.165) is 36.9 Å². The van der Waals surface area contributed by atoms with Crippen LogP contribution in [0.25, 0.3) is 0 Å². The summed E-state index contributed by atoms with van der Waals surface area (Å²) in [5.74, 6) is -0.543. The maximum atomic E-state index is 13.1. The highest BCUT2D eigenvalue weighted by Gasteiger charge is 2.43. The van der Waals surface area contributed by atoms with Gasteiger partial charge in [0, 0.05) is 31.9 Å². The van der Waals surface area contributed by atoms with Gasteiger partial charge in [-0.2, -0.15) is 5.10 Å². The van der Waals surface area contributed by atoms with E-state index in [4.69, 9.17) is 0 Å². The molecule has 2 N–H and O–H groups in total. The largest absolute Gasteiger partial charge is 0.379 e. The number of rotatable bonds is 6. The van der Waals surface area contributed by atoms with Gasteiger partial charge in [-0.1, -0.05) is 12.1 Å². The first-order valence-corrected chi connectivity index (χ1v) is 9.94. The van der Waals surface area contributed by atoms with Crippen LogP contribution in [0.3, 0.4) is 0 Å². The maximum Gasteiger partial charge on any atom is 0.256 e. The van der Waals surface area contributed by atoms with Gasteiger partial charge in [0.05, 0.1) is 5.69 Å². The number of amides is 1. The minimum absolute atomic E-state index is 0.248. The number of aryl methyl sites for hydroxylation is 1. The molecule has 0 spiro atoms. The predicted molar refractivity (Wildman–Crippen MR) is 103 cm³/mol. The van der Waals surface area contributed by atoms with Crippen LogP contribution in [-0.4, -0.2) is 56.7 Å². The van der Waals surface area contributed by atoms with Gasteiger partial charge in [-0.25, -0.2) is 4.39 Å². The van der Waals surface area contributed by atoms with Gasteiger partial charge in [-0.15, -0.1) is 0 Å². The summed E-state index contributed by atoms with van der Waals surface area (Å²) in [7, 11) is 1.92. The van der Waals surface area contributed by atoms with Gasteiger partial charge in [-0.05, 0) is 62.4 Å². The number of likely N-dealkylation sites (N-methyl/N-ethyl adjacent to an activating group) is 1. The number of nitrogens with one attached hydrogen (secondary N) is 1. The summed E-state index contributed by atoms with van der Waals surface area (Å²) in [5, 5.41) is 18.6. The Morgan fingerprint density at radius 1 is 1.29 bits per heavy atom. The Kier molecular flexibility index (Phi) is 5.21. The second-order valence-corrected chi connectivity index (χ2v) is 8.14. The Labute approximate surface area is 164 Å². The summed E-state index contributed by atoms with van der Waals surface area (Å²) in [5.41, 5.74) is 3.00. The molecule has 1 atom stereocenters. The summed E-state index contributed by atoms with van der Waals surface area (Å²) in [6, 6.07) is 6.15. The van der Waals surface area contributed by atoms with Gasteiger partial charge in [0.15, 0.2) is 5.60 Å². The molecule has 1 aromatic carbocycles. The molecule has 2 aliphatic rings. The molecule has 4 rings (SSSR count). The lowest BCUT2D eigenvalue weighted by Crippen LogP contribution is -2.57. The third-order valence-electron chi connectivity index (χ3n) is 5.83. The van der Waals surface area contributed by atoms with Crippen LogP contribution in [0.5, 0.6) is 0 Å². The Balaban J connectivity index is 1.40. The number of likely N-dealkylation sites (tertiary alicyclic amines) is 1. The van der Waals surface area contributed by atoms with Crippen LogP contribution < -0.4 is 0 Å². The number of H-pyrrole nitrogens is 1. The third kappa shape index (κ3) is 3.82. The lowest BCUT2D eigenvalue weighted by molar-refractivity contribution is -0.160. The predicted octanol–water partition coefficient (Wildman–Crippen LogP) is 2.02. The standard InChI is InChI=1S/C21H27FN4O2/c1-25(13-19-17-4-2-5-18(17)23-24-19)14-21(28)10-3-11-26(20(21)27)12-15-6-8-16(22)9-7-15/h6-9,28H,2-5,10-14H2,1H3,(H,23,24). The lowest BCUT2D eigenvalue weighted by Gasteiger charge is -2.40. The van der Waals surface area contributed by atoms with Gasteiger partial charge in [0.2, 0.25) is 0 Å². The summed E-state index contributed by atoms with van der Waals surface area (Å²) in [6.07, 6.45) is 4.45. The van der Waals surface area contributed by atoms with Gasteiger partial charge < -0.3 is 10.0 Å². The van der Waals surface area contributed by atoms with Crippen molar-refractivity contribution < 1.29 is 14.3 Å². The van der Waals surface area contributed by atoms with E-state index in [1.165, 1.54) is 23.4 Å². The zero-order chi connectivity index (χ0) is 19.7. The van der Waals surface area contributed by atoms with Crippen molar-refractivity contribution in [2.75, 3.05) is 20.1 Å². The molecule has 0 radical (unpaired) electrons. The molecule has 0 bridgehead atoms. The highest BCUT2D eigenvalue weighted by Crippen LogP contribution is 2.27. The molecule has 1 amide bonds. The number of halogens is 1. The molecule has 1 aliphatic carbocycles. The van der Waals surface area contributed by atoms with Crippen molar-refractivity contribution in [2.24, 2.45) is 0 Å². The molecule has 28 heavy (non-hydrogen) atoms. The zero-order valence-corrected chi connectivity index (χ0v) is 16.2. The molecule has 1 unspecified atom stereocenters. The third-order valence-corrected chi connectivity index (χ3v) is 5.83. The minimum Gasteiger partial charge on any atom is -0.379 e. The smallest absolute Gasteiger partial charge is 0.256 e. The van der Waals surface area contributed by atoms with Crippen LogP contribution in [0.2, 0.25) is 0 Å². The molecule has 0 saturated carbocycles. The van der Waals surface area contributed by atoms with Crippen molar-refractivity contribution in [3.8, 4) is 0 Å². The monoisotopic (exact) mass is 386 g/mol. The minimum atomic E-state index is -1.40. The molecule has 2 heterocycles. The van der Waals surface area contributed by atoms with Crippen molar-refractivity contribution in [2.45, 2.75) is 50.8 Å². The summed E-state index contributed by atoms with van der Waals surface area (Å²) >= 11 is 0. The molecule has 7 heteroatoms. The first kappa shape index (κ1) is 19.1. The van der Waals surface area contributed by atoms with Crippen LogP contribution in [0.1, 0.15) is 41.8 Å². The number of aliphatic hydroxyl groups is 1. The molecule has 2 aromatic rings. The number of aromatic nitrogens is 2. The van der Waals surface area contributed by atoms with E-state index in [9.17, 15) is 14.3 Å². The fourth-order valence-corrected chi connectivity index (χ4v) is 4.45. The molecule has 6 nitrogen and oxygen atoms in total. The Morgan fingerprint density at radius 2 is 2.07 bits per heavy atom. The molecule has 1 aliphatic heterocycles. The molecule has 1 fully saturated rings. The Morgan fingerprint density at radius 3 is 2.86 bits per heavy atom. The first-order chi connectivity index (χ1) is 13.4. The van der Waals surface area contributed by atoms with Crippen LogP contribution in [0, 0.1) is 5.82 Å². The van der Waals surface area contributed by atoms with E-state index in [1.54, 1.807) is 17.0 Å². The highest BCUT2D eigenvalue weighted by molar-refractivity contribution is 5.86. The number of benzene rings is 1. The number of hydrogen-bond donors (Lipinski definition) is 2. The average molecular weight is 386 g/mol. The number of hydrogen-bond acceptors (Lipinski definition) is 4. The number of piperidine rings is 1. The Hall–Kier alpha value is -2.25. The SMILES string of the molecule is CN(Cc1n[nH]c2c1CCC2)CC1(O)CCCN(Cc2ccc(F)cc2)C1=O. The van der Waals surface area contributed by atoms with E-state index in [1.807, 2.05) is 11.9 Å². The van der Waals surface area contributed by atoms with E-state index in [-0.39, 0.29) is 18.3 Å². The summed E-state index contributed by atoms with van der Waals surface area (Å²) < 4.78 is 13.1. The fourth-order valence-electron chi connectivity index (χ4n) is 4.45. The second-order valence-electron chi connectivity index (χ2n) is 8.14. The molecule has 150 valence electrons. The van der Waals surface area contributed by atoms with Crippen LogP contribution in [-0.2, 0) is 30.7 Å². The quantitative estimate of drug-likeness (QED) is 0.797. The van der Waals surface area contributed by atoms with Gasteiger partial charge >= 0.3 is 0 Å². The van der Waals surface area contributed by atoms with E-state index in [2.05, 4.69) is 10.2 Å². The Bertz CT molecular complexity index is 851. The summed E-state index contributed by atoms with van der Waals surface area (Å²) in [6.45, 7) is 1.87. The van der Waals surface area contributed by atoms with Gasteiger partial charge in [0.25, 0.3) is 5.91 Å². The number of fused-ring (bicyclic) bond motifs is 1. The second kappa shape index (κ2) is 7.64. The van der Waals surface area contributed by atoms with E-state index < -0.39 is 5.60 Å². The number of nitrogens with zero attached hydrogens (tertiary/aromatic N) is 3. The van der Waals surface area contributed by atoms with Crippen molar-refractivity contribution in [3.05, 3.63) is 52.6 Å². The maximum absolute atomic E-state index is 13.1. The number of aromatic amines is 1. The van der Waals surface area contributed by atoms with Gasteiger partial charge in [-0.3, -0.25) is 14.8 Å². The van der Waals surface area contributed by atoms with Crippen LogP contribution in [0.15, 0.2) is 24.3 Å². The first-order valence-electron chi connectivity index (χ1n) is 9.94. The van der Waals surface area contributed by atoms with Crippen LogP contribution in [0.4, 0.5) is 4.39 Å². The average Bonchev–Trinajstić information content (AvgIpc) is 3.26. The normalized spacial score (nSPS) is 22.1. The number of carbonyl (C=O) groups excluding carboxylic acids is 1. The fraction of sp³-hybridized carbons (Fsp3) is 0.524. The van der Waals surface area contributed by atoms with Crippen molar-refractivity contribution >= 4 is 5.91 Å². The molecular weight excluding hydrogens is 359 g/mol. The zero-order valence-electron chi connectivity index (χ0n) is 16.2. The van der Waals surface area contributed by atoms with E-state index in [0.29, 0.717) is 26.1 Å². The van der Waals surface area contributed by atoms with Crippen molar-refractivity contribution in [3.63, 3.8) is 0 Å². The highest BCUT2D eigenvalue weighted by atomic mass is 19.1. The molecule has 1 saturated heterocycles. The lowest BCUT2D eigenvalue weighted by atomic mass is 9.90. The van der Waals surface area contributed by atoms with Crippen molar-refractivity contribution in [1.82, 2.24) is 20.0 Å². The van der Waals surface area contributed by atoms with Crippen molar-refractivity contribution in [1.29, 1.82) is 0 Å². The van der Waals surface area contributed by atoms with E-state index >= 15 is 0 Å². The molecule has 1 aromatic heterocycles. The topological polar surface area (TPSA) is 72.5 Å². The van der Waals surface area contributed by atoms with Crippen LogP contribution >= 0.6 is 0 Å². The van der Waals surface area contributed by atoms with Gasteiger partial charge in [0.1, 0.15) is 5.82 Å². The molecular formula is C21H27FN4O2. The number of carbonyl (C=O) groups is 1. The summed E-state index contributed by atoms with van der Waals surface area (Å²) in [4.78, 5) is 16.7.